The predicted octanol–water partition coefficient (Wildman–Crippen LogP) is 1.10. The van der Waals surface area contributed by atoms with Crippen LogP contribution in [0.5, 0.6) is 0 Å². The molecule has 14 heteroatoms. The summed E-state index contributed by atoms with van der Waals surface area (Å²) < 4.78 is 13.1. The second kappa shape index (κ2) is 9.15. The highest BCUT2D eigenvalue weighted by atomic mass is 35.5. The Bertz CT molecular complexity index is 1330. The van der Waals surface area contributed by atoms with E-state index in [1.54, 1.807) is 0 Å². The zero-order valence-corrected chi connectivity index (χ0v) is 19.9. The Hall–Kier alpha value is -3.12. The second-order valence-electron chi connectivity index (χ2n) is 7.97. The molecule has 3 aromatic rings. The molecule has 0 bridgehead atoms. The van der Waals surface area contributed by atoms with Crippen molar-refractivity contribution < 1.29 is 29.6 Å². The van der Waals surface area contributed by atoms with E-state index in [1.807, 2.05) is 0 Å². The molecule has 1 aliphatic heterocycles. The molecule has 1 aliphatic rings. The SMILES string of the molecule is C#CCC(OC[C@H]1O[C@@H](n2cnc3c(N)nc(Cl)nc32)[C@H](O)[C@@]1(O)C(=C)C)(C(=O)O)c1cscn1. The number of nitrogen functional groups attached to an aromatic ring is 1. The number of aliphatic hydroxyl groups excluding tert-OH is 1. The third-order valence-corrected chi connectivity index (χ3v) is 6.67. The number of hydrogen-bond acceptors (Lipinski definition) is 11. The fraction of sp³-hybridized carbons (Fsp3) is 0.381. The summed E-state index contributed by atoms with van der Waals surface area (Å²) in [4.78, 5) is 28.4. The minimum atomic E-state index is -2.04. The molecule has 0 amide bonds. The zero-order chi connectivity index (χ0) is 25.5. The number of halogens is 1. The van der Waals surface area contributed by atoms with Gasteiger partial charge in [-0.1, -0.05) is 6.58 Å². The van der Waals surface area contributed by atoms with Crippen LogP contribution >= 0.6 is 22.9 Å². The van der Waals surface area contributed by atoms with Crippen LogP contribution in [0.25, 0.3) is 11.2 Å². The van der Waals surface area contributed by atoms with Crippen molar-refractivity contribution in [3.05, 3.63) is 40.3 Å². The molecule has 0 aromatic carbocycles. The van der Waals surface area contributed by atoms with E-state index in [2.05, 4.69) is 32.4 Å². The van der Waals surface area contributed by atoms with Crippen LogP contribution in [0.15, 0.2) is 29.4 Å². The molecule has 3 aromatic heterocycles. The fourth-order valence-corrected chi connectivity index (χ4v) is 4.79. The lowest BCUT2D eigenvalue weighted by Crippen LogP contribution is -2.51. The highest BCUT2D eigenvalue weighted by molar-refractivity contribution is 7.07. The molecule has 5 atom stereocenters. The molecule has 0 saturated carbocycles. The van der Waals surface area contributed by atoms with Crippen LogP contribution in [0.3, 0.4) is 0 Å². The van der Waals surface area contributed by atoms with Gasteiger partial charge in [-0.3, -0.25) is 4.57 Å². The van der Waals surface area contributed by atoms with Gasteiger partial charge in [-0.05, 0) is 24.1 Å². The molecule has 1 saturated heterocycles. The van der Waals surface area contributed by atoms with Crippen molar-refractivity contribution in [3.63, 3.8) is 0 Å². The van der Waals surface area contributed by atoms with Crippen LogP contribution in [-0.2, 0) is 19.9 Å². The monoisotopic (exact) mass is 520 g/mol. The van der Waals surface area contributed by atoms with Crippen LogP contribution in [0.2, 0.25) is 5.28 Å². The standard InChI is InChI=1S/C21H21ClN6O6S/c1-4-5-20(18(30)31,11-7-35-9-25-11)33-6-12-21(32,10(2)3)14(29)17(34-12)28-8-24-13-15(23)26-19(22)27-16(13)28/h1,7-9,12,14,17,29,32H,2,5-6H2,3H3,(H,30,31)(H2,23,26,27)/t12-,14+,17-,20?,21-/m1/s1. The van der Waals surface area contributed by atoms with E-state index < -0.39 is 42.2 Å². The number of carboxylic acids is 1. The largest absolute Gasteiger partial charge is 0.479 e. The first-order valence-electron chi connectivity index (χ1n) is 10.1. The maximum Gasteiger partial charge on any atom is 0.343 e. The second-order valence-corrected chi connectivity index (χ2v) is 9.02. The third kappa shape index (κ3) is 3.94. The molecule has 4 rings (SSSR count). The molecular formula is C21H21ClN6O6S. The Morgan fingerprint density at radius 2 is 2.26 bits per heavy atom. The van der Waals surface area contributed by atoms with E-state index in [1.165, 1.54) is 40.0 Å². The summed E-state index contributed by atoms with van der Waals surface area (Å²) in [7, 11) is 0. The Labute approximate surface area is 208 Å². The number of ether oxygens (including phenoxy) is 2. The Kier molecular flexibility index (Phi) is 6.54. The molecule has 5 N–H and O–H groups in total. The first kappa shape index (κ1) is 25.0. The first-order chi connectivity index (χ1) is 16.6. The van der Waals surface area contributed by atoms with Crippen LogP contribution in [0, 0.1) is 12.3 Å². The lowest BCUT2D eigenvalue weighted by atomic mass is 9.85. The smallest absolute Gasteiger partial charge is 0.343 e. The number of carbonyl (C=O) groups is 1. The number of fused-ring (bicyclic) bond motifs is 1. The maximum atomic E-state index is 12.3. The van der Waals surface area contributed by atoms with Crippen LogP contribution in [0.4, 0.5) is 5.82 Å². The van der Waals surface area contributed by atoms with Crippen molar-refractivity contribution in [2.24, 2.45) is 0 Å². The van der Waals surface area contributed by atoms with E-state index in [0.29, 0.717) is 0 Å². The van der Waals surface area contributed by atoms with Gasteiger partial charge in [0.25, 0.3) is 0 Å². The number of nitrogens with zero attached hydrogens (tertiary/aromatic N) is 5. The number of carboxylic acid groups (broad SMARTS) is 1. The Morgan fingerprint density at radius 1 is 1.51 bits per heavy atom. The number of rotatable bonds is 8. The molecule has 12 nitrogen and oxygen atoms in total. The van der Waals surface area contributed by atoms with Gasteiger partial charge in [0.05, 0.1) is 30.6 Å². The number of anilines is 1. The molecule has 4 heterocycles. The lowest BCUT2D eigenvalue weighted by Gasteiger charge is -2.34. The number of aromatic nitrogens is 5. The average Bonchev–Trinajstić information content (AvgIpc) is 3.52. The number of thiazole rings is 1. The van der Waals surface area contributed by atoms with Crippen molar-refractivity contribution in [2.75, 3.05) is 12.3 Å². The molecule has 1 fully saturated rings. The molecule has 0 spiro atoms. The highest BCUT2D eigenvalue weighted by Crippen LogP contribution is 2.43. The zero-order valence-electron chi connectivity index (χ0n) is 18.3. The fourth-order valence-electron chi connectivity index (χ4n) is 4.00. The quantitative estimate of drug-likeness (QED) is 0.190. The van der Waals surface area contributed by atoms with Crippen LogP contribution in [-0.4, -0.2) is 70.2 Å². The van der Waals surface area contributed by atoms with E-state index in [-0.39, 0.29) is 40.0 Å². The van der Waals surface area contributed by atoms with E-state index >= 15 is 0 Å². The Balaban J connectivity index is 1.71. The van der Waals surface area contributed by atoms with Gasteiger partial charge in [0.1, 0.15) is 23.3 Å². The van der Waals surface area contributed by atoms with Gasteiger partial charge in [0, 0.05) is 5.38 Å². The Morgan fingerprint density at radius 3 is 2.86 bits per heavy atom. The van der Waals surface area contributed by atoms with Gasteiger partial charge < -0.3 is 30.5 Å². The van der Waals surface area contributed by atoms with E-state index in [4.69, 9.17) is 33.2 Å². The molecule has 184 valence electrons. The molecule has 1 unspecified atom stereocenters. The summed E-state index contributed by atoms with van der Waals surface area (Å²) in [5.41, 5.74) is 3.91. The summed E-state index contributed by atoms with van der Waals surface area (Å²) in [6, 6.07) is 0. The van der Waals surface area contributed by atoms with E-state index in [0.717, 1.165) is 0 Å². The van der Waals surface area contributed by atoms with Crippen molar-refractivity contribution in [1.29, 1.82) is 0 Å². The maximum absolute atomic E-state index is 12.3. The number of aliphatic carboxylic acids is 1. The van der Waals surface area contributed by atoms with Crippen LogP contribution in [0.1, 0.15) is 25.3 Å². The topological polar surface area (TPSA) is 179 Å². The van der Waals surface area contributed by atoms with Gasteiger partial charge in [0.2, 0.25) is 10.9 Å². The third-order valence-electron chi connectivity index (χ3n) is 5.92. The first-order valence-corrected chi connectivity index (χ1v) is 11.4. The number of aliphatic hydroxyl groups is 2. The van der Waals surface area contributed by atoms with Crippen molar-refractivity contribution in [2.45, 2.75) is 43.0 Å². The number of nitrogens with two attached hydrogens (primary N) is 1. The molecular weight excluding hydrogens is 500 g/mol. The van der Waals surface area contributed by atoms with Gasteiger partial charge in [-0.15, -0.1) is 23.7 Å². The van der Waals surface area contributed by atoms with Gasteiger partial charge in [-0.2, -0.15) is 9.97 Å². The van der Waals surface area contributed by atoms with Crippen molar-refractivity contribution in [3.8, 4) is 12.3 Å². The minimum absolute atomic E-state index is 0.0186. The summed E-state index contributed by atoms with van der Waals surface area (Å²) in [6.07, 6.45) is 2.33. The highest BCUT2D eigenvalue weighted by Gasteiger charge is 2.58. The van der Waals surface area contributed by atoms with Gasteiger partial charge in [0.15, 0.2) is 17.7 Å². The predicted molar refractivity (Wildman–Crippen MR) is 125 cm³/mol. The van der Waals surface area contributed by atoms with Crippen molar-refractivity contribution >= 4 is 45.9 Å². The lowest BCUT2D eigenvalue weighted by molar-refractivity contribution is -0.179. The molecule has 35 heavy (non-hydrogen) atoms. The van der Waals surface area contributed by atoms with Crippen LogP contribution < -0.4 is 5.73 Å². The van der Waals surface area contributed by atoms with Crippen molar-refractivity contribution in [1.82, 2.24) is 24.5 Å². The van der Waals surface area contributed by atoms with Gasteiger partial charge >= 0.3 is 5.97 Å². The summed E-state index contributed by atoms with van der Waals surface area (Å²) >= 11 is 7.11. The normalized spacial score (nSPS) is 25.9. The summed E-state index contributed by atoms with van der Waals surface area (Å²) in [5, 5.41) is 34.0. The van der Waals surface area contributed by atoms with E-state index in [9.17, 15) is 20.1 Å². The summed E-state index contributed by atoms with van der Waals surface area (Å²) in [5.74, 6) is 0.961. The number of hydrogen-bond donors (Lipinski definition) is 4. The minimum Gasteiger partial charge on any atom is -0.479 e. The molecule has 0 radical (unpaired) electrons. The summed E-state index contributed by atoms with van der Waals surface area (Å²) in [6.45, 7) is 4.80. The molecule has 0 aliphatic carbocycles. The number of imidazole rings is 1. The average molecular weight is 521 g/mol. The number of terminal acetylenes is 1. The van der Waals surface area contributed by atoms with Gasteiger partial charge in [-0.25, -0.2) is 14.8 Å².